The zero-order valence-electron chi connectivity index (χ0n) is 26.3. The Morgan fingerprint density at radius 3 is 1.25 bits per heavy atom. The zero-order chi connectivity index (χ0) is 31.6. The molecule has 0 saturated carbocycles. The average Bonchev–Trinajstić information content (AvgIpc) is 3.16. The van der Waals surface area contributed by atoms with Crippen molar-refractivity contribution in [3.8, 4) is 44.5 Å². The van der Waals surface area contributed by atoms with E-state index in [1.807, 2.05) is 0 Å². The molecule has 0 atom stereocenters. The minimum Gasteiger partial charge on any atom is -0.0622 e. The van der Waals surface area contributed by atoms with Crippen molar-refractivity contribution in [2.24, 2.45) is 0 Å². The van der Waals surface area contributed by atoms with Gasteiger partial charge in [-0.05, 0) is 98.4 Å². The molecule has 0 nitrogen and oxygen atoms in total. The molecule has 0 N–H and O–H groups in total. The molecule has 222 valence electrons. The summed E-state index contributed by atoms with van der Waals surface area (Å²) in [6.07, 6.45) is 0. The van der Waals surface area contributed by atoms with Gasteiger partial charge in [0, 0.05) is 0 Å². The predicted molar refractivity (Wildman–Crippen MR) is 207 cm³/mol. The van der Waals surface area contributed by atoms with Crippen LogP contribution in [0, 0.1) is 0 Å². The second-order valence-corrected chi connectivity index (χ2v) is 12.8. The minimum atomic E-state index is 1.23. The smallest absolute Gasteiger partial charge is 0.00201 e. The van der Waals surface area contributed by atoms with Gasteiger partial charge in [-0.3, -0.25) is 0 Å². The third-order valence-electron chi connectivity index (χ3n) is 10.2. The van der Waals surface area contributed by atoms with Crippen LogP contribution in [-0.2, 0) is 0 Å². The van der Waals surface area contributed by atoms with E-state index in [2.05, 4.69) is 182 Å². The van der Waals surface area contributed by atoms with Crippen molar-refractivity contribution in [2.45, 2.75) is 0 Å². The van der Waals surface area contributed by atoms with Gasteiger partial charge < -0.3 is 0 Å². The lowest BCUT2D eigenvalue weighted by atomic mass is 9.81. The molecule has 0 aromatic heterocycles. The monoisotopic (exact) mass is 606 g/mol. The van der Waals surface area contributed by atoms with E-state index in [1.54, 1.807) is 0 Å². The lowest BCUT2D eigenvalue weighted by Crippen LogP contribution is -1.94. The summed E-state index contributed by atoms with van der Waals surface area (Å²) < 4.78 is 0. The number of hydrogen-bond acceptors (Lipinski definition) is 0. The first kappa shape index (κ1) is 26.9. The highest BCUT2D eigenvalue weighted by Gasteiger charge is 2.21. The van der Waals surface area contributed by atoms with Crippen LogP contribution in [0.1, 0.15) is 0 Å². The predicted octanol–water partition coefficient (Wildman–Crippen LogP) is 13.6. The van der Waals surface area contributed by atoms with Crippen molar-refractivity contribution >= 4 is 53.9 Å². The van der Waals surface area contributed by atoms with Crippen LogP contribution in [0.15, 0.2) is 182 Å². The summed E-state index contributed by atoms with van der Waals surface area (Å²) in [4.78, 5) is 0. The molecule has 10 rings (SSSR count). The zero-order valence-corrected chi connectivity index (χ0v) is 26.3. The Morgan fingerprint density at radius 2 is 0.646 bits per heavy atom. The second-order valence-electron chi connectivity index (χ2n) is 12.8. The number of fused-ring (bicyclic) bond motifs is 2. The first-order valence-electron chi connectivity index (χ1n) is 16.7. The van der Waals surface area contributed by atoms with E-state index in [-0.39, 0.29) is 0 Å². The van der Waals surface area contributed by atoms with Gasteiger partial charge in [0.25, 0.3) is 0 Å². The van der Waals surface area contributed by atoms with E-state index in [4.69, 9.17) is 0 Å². The van der Waals surface area contributed by atoms with Crippen LogP contribution in [0.4, 0.5) is 0 Å². The van der Waals surface area contributed by atoms with Crippen LogP contribution in [0.3, 0.4) is 0 Å². The van der Waals surface area contributed by atoms with Crippen LogP contribution < -0.4 is 0 Å². The van der Waals surface area contributed by atoms with Gasteiger partial charge in [-0.1, -0.05) is 182 Å². The van der Waals surface area contributed by atoms with Crippen LogP contribution >= 0.6 is 0 Å². The molecule has 10 aromatic rings. The molecule has 0 amide bonds. The molecule has 0 fully saturated rings. The van der Waals surface area contributed by atoms with Crippen molar-refractivity contribution < 1.29 is 0 Å². The van der Waals surface area contributed by atoms with Crippen LogP contribution in [0.5, 0.6) is 0 Å². The lowest BCUT2D eigenvalue weighted by molar-refractivity contribution is 1.60. The molecule has 0 bridgehead atoms. The van der Waals surface area contributed by atoms with Gasteiger partial charge in [0.15, 0.2) is 0 Å². The molecule has 0 heterocycles. The first-order valence-corrected chi connectivity index (χ1v) is 16.7. The third-order valence-corrected chi connectivity index (χ3v) is 10.2. The van der Waals surface area contributed by atoms with E-state index < -0.39 is 0 Å². The fourth-order valence-corrected chi connectivity index (χ4v) is 8.19. The molecule has 0 unspecified atom stereocenters. The number of rotatable bonds is 4. The molecule has 10 aromatic carbocycles. The number of hydrogen-bond donors (Lipinski definition) is 0. The highest BCUT2D eigenvalue weighted by atomic mass is 14.2. The molecule has 0 saturated heterocycles. The van der Waals surface area contributed by atoms with Gasteiger partial charge in [-0.15, -0.1) is 0 Å². The van der Waals surface area contributed by atoms with Gasteiger partial charge in [-0.2, -0.15) is 0 Å². The van der Waals surface area contributed by atoms with Crippen molar-refractivity contribution in [1.29, 1.82) is 0 Å². The van der Waals surface area contributed by atoms with Gasteiger partial charge in [-0.25, -0.2) is 0 Å². The fraction of sp³-hybridized carbons (Fsp3) is 0. The maximum absolute atomic E-state index is 2.33. The molecule has 0 aliphatic carbocycles. The summed E-state index contributed by atoms with van der Waals surface area (Å²) in [6, 6.07) is 67.0. The Hall–Kier alpha value is -6.24. The summed E-state index contributed by atoms with van der Waals surface area (Å²) in [7, 11) is 0. The Bertz CT molecular complexity index is 2750. The largest absolute Gasteiger partial charge is 0.0622 e. The molecule has 0 aliphatic heterocycles. The van der Waals surface area contributed by atoms with Crippen molar-refractivity contribution in [3.05, 3.63) is 182 Å². The van der Waals surface area contributed by atoms with Crippen LogP contribution in [-0.4, -0.2) is 0 Å². The Kier molecular flexibility index (Phi) is 5.98. The molecule has 0 aliphatic rings. The Morgan fingerprint density at radius 1 is 0.208 bits per heavy atom. The highest BCUT2D eigenvalue weighted by molar-refractivity contribution is 6.27. The van der Waals surface area contributed by atoms with Gasteiger partial charge >= 0.3 is 0 Å². The Balaban J connectivity index is 1.30. The van der Waals surface area contributed by atoms with E-state index in [0.717, 1.165) is 0 Å². The average molecular weight is 607 g/mol. The summed E-state index contributed by atoms with van der Waals surface area (Å²) in [6.45, 7) is 0. The quantitative estimate of drug-likeness (QED) is 0.138. The highest BCUT2D eigenvalue weighted by Crippen LogP contribution is 2.49. The molecule has 0 heteroatoms. The van der Waals surface area contributed by atoms with Gasteiger partial charge in [0.05, 0.1) is 0 Å². The number of benzene rings is 10. The Labute approximate surface area is 279 Å². The topological polar surface area (TPSA) is 0 Å². The van der Waals surface area contributed by atoms with E-state index >= 15 is 0 Å². The molecular formula is C48H30. The second kappa shape index (κ2) is 10.7. The van der Waals surface area contributed by atoms with E-state index in [1.165, 1.54) is 98.4 Å². The summed E-state index contributed by atoms with van der Waals surface area (Å²) in [5.74, 6) is 0. The molecular weight excluding hydrogens is 577 g/mol. The first-order chi connectivity index (χ1) is 23.8. The SMILES string of the molecule is c1ccc(-c2ccccc2-c2c3ccccc3c(-c3ccccc3-c3ccc4ccc5cccc6ccc3c4c56)c3ccccc23)cc1. The standard InChI is InChI=1S/C48H30/c1-2-13-31(14-3-1)35-17-4-6-19-38(35)47-40-21-8-10-23-42(40)48(43-24-11-9-22-41(43)47)39-20-7-5-18-36(39)37-29-27-34-26-25-32-15-12-16-33-28-30-44(37)46(34)45(32)33/h1-30H. The third kappa shape index (κ3) is 3.96. The van der Waals surface area contributed by atoms with Crippen LogP contribution in [0.2, 0.25) is 0 Å². The van der Waals surface area contributed by atoms with Crippen LogP contribution in [0.25, 0.3) is 98.4 Å². The van der Waals surface area contributed by atoms with Gasteiger partial charge in [0.2, 0.25) is 0 Å². The summed E-state index contributed by atoms with van der Waals surface area (Å²) >= 11 is 0. The summed E-state index contributed by atoms with van der Waals surface area (Å²) in [5.41, 5.74) is 10.1. The molecule has 0 radical (unpaired) electrons. The van der Waals surface area contributed by atoms with Crippen molar-refractivity contribution in [2.75, 3.05) is 0 Å². The molecule has 0 spiro atoms. The van der Waals surface area contributed by atoms with Crippen molar-refractivity contribution in [3.63, 3.8) is 0 Å². The normalized spacial score (nSPS) is 11.8. The van der Waals surface area contributed by atoms with Gasteiger partial charge in [0.1, 0.15) is 0 Å². The molecule has 48 heavy (non-hydrogen) atoms. The fourth-order valence-electron chi connectivity index (χ4n) is 8.19. The maximum atomic E-state index is 2.33. The van der Waals surface area contributed by atoms with E-state index in [0.29, 0.717) is 0 Å². The van der Waals surface area contributed by atoms with E-state index in [9.17, 15) is 0 Å². The maximum Gasteiger partial charge on any atom is -0.00201 e. The lowest BCUT2D eigenvalue weighted by Gasteiger charge is -2.21. The van der Waals surface area contributed by atoms with Crippen molar-refractivity contribution in [1.82, 2.24) is 0 Å². The summed E-state index contributed by atoms with van der Waals surface area (Å²) in [5, 5.41) is 12.9. The minimum absolute atomic E-state index is 1.23.